The Hall–Kier alpha value is -2.04. The highest BCUT2D eigenvalue weighted by Gasteiger charge is 2.16. The van der Waals surface area contributed by atoms with Crippen molar-refractivity contribution in [2.24, 2.45) is 0 Å². The van der Waals surface area contributed by atoms with E-state index in [-0.39, 0.29) is 22.6 Å². The van der Waals surface area contributed by atoms with Crippen LogP contribution in [-0.2, 0) is 0 Å². The maximum absolute atomic E-state index is 10.7. The van der Waals surface area contributed by atoms with E-state index in [1.165, 1.54) is 7.11 Å². The third-order valence-corrected chi connectivity index (χ3v) is 1.66. The van der Waals surface area contributed by atoms with Crippen molar-refractivity contribution in [1.82, 2.24) is 0 Å². The molecule has 0 unspecified atom stereocenters. The van der Waals surface area contributed by atoms with E-state index in [0.29, 0.717) is 6.29 Å². The molecule has 0 saturated carbocycles. The number of rotatable bonds is 3. The molecule has 0 radical (unpaired) electrons. The predicted octanol–water partition coefficient (Wildman–Crippen LogP) is 0.911. The first-order valence-corrected chi connectivity index (χ1v) is 3.69. The third kappa shape index (κ3) is 1.66. The number of ether oxygens (including phenoxy) is 1. The highest BCUT2D eigenvalue weighted by Crippen LogP contribution is 2.27. The second-order valence-electron chi connectivity index (χ2n) is 2.54. The molecule has 0 aliphatic carbocycles. The molecule has 1 aromatic rings. The summed E-state index contributed by atoms with van der Waals surface area (Å²) in [6.07, 6.45) is 0.422. The molecule has 0 amide bonds. The quantitative estimate of drug-likeness (QED) is 0.702. The van der Waals surface area contributed by atoms with Crippen LogP contribution in [0.2, 0.25) is 0 Å². The van der Waals surface area contributed by atoms with Crippen LogP contribution in [0.25, 0.3) is 0 Å². The number of aromatic carboxylic acids is 1. The smallest absolute Gasteiger partial charge is 0.339 e. The van der Waals surface area contributed by atoms with Gasteiger partial charge in [0.05, 0.1) is 12.7 Å². The van der Waals surface area contributed by atoms with E-state index in [0.717, 1.165) is 12.1 Å². The molecule has 1 aromatic carbocycles. The molecule has 0 spiro atoms. The van der Waals surface area contributed by atoms with Gasteiger partial charge in [-0.2, -0.15) is 0 Å². The van der Waals surface area contributed by atoms with Crippen molar-refractivity contribution in [1.29, 1.82) is 0 Å². The summed E-state index contributed by atoms with van der Waals surface area (Å²) in [6.45, 7) is 0. The summed E-state index contributed by atoms with van der Waals surface area (Å²) < 4.78 is 4.76. The highest BCUT2D eigenvalue weighted by molar-refractivity contribution is 5.95. The number of hydrogen-bond donors (Lipinski definition) is 2. The number of benzene rings is 1. The molecule has 1 rings (SSSR count). The number of carboxylic acid groups (broad SMARTS) is 1. The summed E-state index contributed by atoms with van der Waals surface area (Å²) in [4.78, 5) is 21.2. The average molecular weight is 196 g/mol. The van der Waals surface area contributed by atoms with Gasteiger partial charge in [-0.25, -0.2) is 4.79 Å². The lowest BCUT2D eigenvalue weighted by molar-refractivity contribution is 0.0693. The largest absolute Gasteiger partial charge is 0.508 e. The summed E-state index contributed by atoms with van der Waals surface area (Å²) in [5, 5.41) is 17.9. The van der Waals surface area contributed by atoms with E-state index in [2.05, 4.69) is 0 Å². The first kappa shape index (κ1) is 10.0. The van der Waals surface area contributed by atoms with Crippen molar-refractivity contribution >= 4 is 12.3 Å². The summed E-state index contributed by atoms with van der Waals surface area (Å²) >= 11 is 0. The molecule has 0 aliphatic rings. The van der Waals surface area contributed by atoms with Gasteiger partial charge in [-0.05, 0) is 12.1 Å². The maximum atomic E-state index is 10.7. The van der Waals surface area contributed by atoms with Gasteiger partial charge in [0, 0.05) is 0 Å². The molecule has 14 heavy (non-hydrogen) atoms. The van der Waals surface area contributed by atoms with Crippen molar-refractivity contribution in [2.75, 3.05) is 7.11 Å². The second kappa shape index (κ2) is 3.78. The fraction of sp³-hybridized carbons (Fsp3) is 0.111. The van der Waals surface area contributed by atoms with Crippen molar-refractivity contribution in [2.45, 2.75) is 0 Å². The first-order valence-electron chi connectivity index (χ1n) is 3.69. The second-order valence-corrected chi connectivity index (χ2v) is 2.54. The molecule has 0 heterocycles. The van der Waals surface area contributed by atoms with Crippen LogP contribution in [0.1, 0.15) is 20.7 Å². The Bertz CT molecular complexity index is 383. The average Bonchev–Trinajstić information content (AvgIpc) is 2.16. The van der Waals surface area contributed by atoms with Crippen LogP contribution in [0.4, 0.5) is 0 Å². The van der Waals surface area contributed by atoms with Crippen LogP contribution in [0.3, 0.4) is 0 Å². The lowest BCUT2D eigenvalue weighted by Crippen LogP contribution is -2.03. The van der Waals surface area contributed by atoms with E-state index < -0.39 is 5.97 Å². The van der Waals surface area contributed by atoms with Crippen LogP contribution in [0.15, 0.2) is 12.1 Å². The Balaban J connectivity index is 3.46. The lowest BCUT2D eigenvalue weighted by atomic mass is 10.1. The highest BCUT2D eigenvalue weighted by atomic mass is 16.5. The summed E-state index contributed by atoms with van der Waals surface area (Å²) in [5.41, 5.74) is -0.237. The standard InChI is InChI=1S/C9H8O5/c1-14-8-5(4-10)2-6(11)3-7(8)9(12)13/h2-4,11H,1H3,(H,12,13). The number of carboxylic acids is 1. The molecule has 5 heteroatoms. The van der Waals surface area contributed by atoms with Crippen LogP contribution < -0.4 is 4.74 Å². The van der Waals surface area contributed by atoms with E-state index in [9.17, 15) is 9.59 Å². The normalized spacial score (nSPS) is 9.50. The van der Waals surface area contributed by atoms with Gasteiger partial charge >= 0.3 is 5.97 Å². The van der Waals surface area contributed by atoms with E-state index in [1.807, 2.05) is 0 Å². The van der Waals surface area contributed by atoms with Gasteiger partial charge in [-0.1, -0.05) is 0 Å². The van der Waals surface area contributed by atoms with Crippen molar-refractivity contribution in [3.05, 3.63) is 23.3 Å². The van der Waals surface area contributed by atoms with Gasteiger partial charge in [-0.15, -0.1) is 0 Å². The van der Waals surface area contributed by atoms with E-state index >= 15 is 0 Å². The summed E-state index contributed by atoms with van der Waals surface area (Å²) in [7, 11) is 1.26. The fourth-order valence-corrected chi connectivity index (χ4v) is 1.11. The first-order chi connectivity index (χ1) is 6.60. The Kier molecular flexibility index (Phi) is 2.71. The fourth-order valence-electron chi connectivity index (χ4n) is 1.11. The minimum absolute atomic E-state index is 0.00454. The number of hydrogen-bond acceptors (Lipinski definition) is 4. The molecule has 0 saturated heterocycles. The van der Waals surface area contributed by atoms with Crippen molar-refractivity contribution in [3.63, 3.8) is 0 Å². The minimum atomic E-state index is -1.26. The van der Waals surface area contributed by atoms with Gasteiger partial charge < -0.3 is 14.9 Å². The molecule has 2 N–H and O–H groups in total. The van der Waals surface area contributed by atoms with Gasteiger partial charge in [0.1, 0.15) is 17.1 Å². The monoisotopic (exact) mass is 196 g/mol. The van der Waals surface area contributed by atoms with Gasteiger partial charge in [0.25, 0.3) is 0 Å². The number of carbonyl (C=O) groups excluding carboxylic acids is 1. The van der Waals surface area contributed by atoms with Gasteiger partial charge in [0.15, 0.2) is 6.29 Å². The Labute approximate surface area is 79.6 Å². The minimum Gasteiger partial charge on any atom is -0.508 e. The molecular formula is C9H8O5. The maximum Gasteiger partial charge on any atom is 0.339 e. The molecule has 0 fully saturated rings. The molecule has 0 bridgehead atoms. The number of carbonyl (C=O) groups is 2. The Morgan fingerprint density at radius 1 is 1.50 bits per heavy atom. The summed E-state index contributed by atoms with van der Waals surface area (Å²) in [6, 6.07) is 2.16. The number of methoxy groups -OCH3 is 1. The van der Waals surface area contributed by atoms with Crippen LogP contribution >= 0.6 is 0 Å². The molecule has 5 nitrogen and oxygen atoms in total. The predicted molar refractivity (Wildman–Crippen MR) is 47.0 cm³/mol. The molecule has 74 valence electrons. The topological polar surface area (TPSA) is 83.8 Å². The van der Waals surface area contributed by atoms with Crippen LogP contribution in [-0.4, -0.2) is 29.6 Å². The lowest BCUT2D eigenvalue weighted by Gasteiger charge is -2.07. The number of aromatic hydroxyl groups is 1. The molecule has 0 atom stereocenters. The number of phenolic OH excluding ortho intramolecular Hbond substituents is 1. The van der Waals surface area contributed by atoms with E-state index in [4.69, 9.17) is 14.9 Å². The number of phenols is 1. The van der Waals surface area contributed by atoms with Crippen LogP contribution in [0, 0.1) is 0 Å². The zero-order chi connectivity index (χ0) is 10.7. The summed E-state index contributed by atoms with van der Waals surface area (Å²) in [5.74, 6) is -1.60. The number of aldehydes is 1. The molecule has 0 aliphatic heterocycles. The molecule has 0 aromatic heterocycles. The zero-order valence-electron chi connectivity index (χ0n) is 7.35. The Morgan fingerprint density at radius 2 is 2.14 bits per heavy atom. The van der Waals surface area contributed by atoms with Crippen LogP contribution in [0.5, 0.6) is 11.5 Å². The van der Waals surface area contributed by atoms with Gasteiger partial charge in [0.2, 0.25) is 0 Å². The van der Waals surface area contributed by atoms with Gasteiger partial charge in [-0.3, -0.25) is 4.79 Å². The Morgan fingerprint density at radius 3 is 2.57 bits per heavy atom. The zero-order valence-corrected chi connectivity index (χ0v) is 7.35. The van der Waals surface area contributed by atoms with Crippen molar-refractivity contribution < 1.29 is 24.5 Å². The molecular weight excluding hydrogens is 188 g/mol. The SMILES string of the molecule is COc1c(C=O)cc(O)cc1C(=O)O. The van der Waals surface area contributed by atoms with E-state index in [1.54, 1.807) is 0 Å². The third-order valence-electron chi connectivity index (χ3n) is 1.66. The van der Waals surface area contributed by atoms with Crippen molar-refractivity contribution in [3.8, 4) is 11.5 Å².